The normalized spacial score (nSPS) is 23.2. The van der Waals surface area contributed by atoms with Crippen LogP contribution in [0.4, 0.5) is 0 Å². The maximum absolute atomic E-state index is 10.4. The fraction of sp³-hybridized carbons (Fsp3) is 0.545. The summed E-state index contributed by atoms with van der Waals surface area (Å²) in [6, 6.07) is 10.4. The molecule has 0 aliphatic heterocycles. The van der Waals surface area contributed by atoms with Crippen LogP contribution >= 0.6 is 24.0 Å². The van der Waals surface area contributed by atoms with Crippen LogP contribution in [0.1, 0.15) is 58.1 Å². The van der Waals surface area contributed by atoms with Crippen LogP contribution in [0.5, 0.6) is 0 Å². The third kappa shape index (κ3) is 6.18. The second-order valence-electron chi connectivity index (χ2n) is 8.02. The van der Waals surface area contributed by atoms with E-state index in [1.54, 1.807) is 6.20 Å². The Kier molecular flexibility index (Phi) is 8.95. The van der Waals surface area contributed by atoms with Crippen LogP contribution in [0.2, 0.25) is 0 Å². The minimum atomic E-state index is -0.268. The Labute approximate surface area is 191 Å². The van der Waals surface area contributed by atoms with Crippen molar-refractivity contribution in [3.8, 4) is 5.69 Å². The Morgan fingerprint density at radius 1 is 1.38 bits per heavy atom. The van der Waals surface area contributed by atoms with E-state index < -0.39 is 0 Å². The predicted molar refractivity (Wildman–Crippen MR) is 129 cm³/mol. The highest BCUT2D eigenvalue weighted by Crippen LogP contribution is 2.36. The van der Waals surface area contributed by atoms with E-state index in [1.165, 1.54) is 12.0 Å². The maximum Gasteiger partial charge on any atom is 0.191 e. The Bertz CT molecular complexity index is 779. The molecular weight excluding hydrogens is 477 g/mol. The molecule has 3 rings (SSSR count). The number of benzene rings is 1. The highest BCUT2D eigenvalue weighted by Gasteiger charge is 2.35. The van der Waals surface area contributed by atoms with E-state index in [2.05, 4.69) is 48.6 Å². The van der Waals surface area contributed by atoms with Crippen LogP contribution in [-0.4, -0.2) is 40.0 Å². The van der Waals surface area contributed by atoms with Gasteiger partial charge in [0.15, 0.2) is 5.96 Å². The number of aromatic nitrogens is 2. The van der Waals surface area contributed by atoms with E-state index in [4.69, 9.17) is 4.99 Å². The second kappa shape index (κ2) is 11.0. The molecule has 2 aromatic rings. The van der Waals surface area contributed by atoms with E-state index in [-0.39, 0.29) is 41.5 Å². The average Bonchev–Trinajstić information content (AvgIpc) is 3.24. The largest absolute Gasteiger partial charge is 0.392 e. The number of rotatable bonds is 6. The highest BCUT2D eigenvalue weighted by atomic mass is 127. The van der Waals surface area contributed by atoms with Gasteiger partial charge in [0, 0.05) is 24.4 Å². The van der Waals surface area contributed by atoms with E-state index >= 15 is 0 Å². The average molecular weight is 511 g/mol. The molecule has 1 aliphatic rings. The SMILES string of the molecule is CCNC(=NCC1(C)CCCCC1O)NC(C)c1cccc(-n2cccn2)c1.I. The van der Waals surface area contributed by atoms with Gasteiger partial charge >= 0.3 is 0 Å². The summed E-state index contributed by atoms with van der Waals surface area (Å²) in [5.41, 5.74) is 2.07. The van der Waals surface area contributed by atoms with E-state index in [0.29, 0.717) is 6.54 Å². The van der Waals surface area contributed by atoms with Crippen molar-refractivity contribution < 1.29 is 5.11 Å². The lowest BCUT2D eigenvalue weighted by atomic mass is 9.73. The standard InChI is InChI=1S/C22H33N5O.HI/c1-4-23-21(24-16-22(3)12-6-5-11-20(22)28)26-17(2)18-9-7-10-19(15-18)27-14-8-13-25-27;/h7-10,13-15,17,20,28H,4-6,11-12,16H2,1-3H3,(H2,23,24,26);1H. The van der Waals surface area contributed by atoms with Crippen LogP contribution in [0, 0.1) is 5.41 Å². The van der Waals surface area contributed by atoms with Gasteiger partial charge in [-0.25, -0.2) is 4.68 Å². The molecule has 7 heteroatoms. The van der Waals surface area contributed by atoms with Gasteiger partial charge in [-0.05, 0) is 50.5 Å². The number of nitrogens with zero attached hydrogens (tertiary/aromatic N) is 3. The third-order valence-electron chi connectivity index (χ3n) is 5.71. The molecule has 1 heterocycles. The van der Waals surface area contributed by atoms with Gasteiger partial charge in [0.05, 0.1) is 24.4 Å². The summed E-state index contributed by atoms with van der Waals surface area (Å²) in [6.45, 7) is 7.78. The molecule has 0 spiro atoms. The van der Waals surface area contributed by atoms with Crippen molar-refractivity contribution in [2.24, 2.45) is 10.4 Å². The number of nitrogens with one attached hydrogen (secondary N) is 2. The molecule has 160 valence electrons. The van der Waals surface area contributed by atoms with Crippen LogP contribution in [0.3, 0.4) is 0 Å². The quantitative estimate of drug-likeness (QED) is 0.311. The number of aliphatic imine (C=N–C) groups is 1. The minimum absolute atomic E-state index is 0. The Morgan fingerprint density at radius 2 is 2.21 bits per heavy atom. The highest BCUT2D eigenvalue weighted by molar-refractivity contribution is 14.0. The van der Waals surface area contributed by atoms with Gasteiger partial charge < -0.3 is 15.7 Å². The lowest BCUT2D eigenvalue weighted by Crippen LogP contribution is -2.42. The molecule has 29 heavy (non-hydrogen) atoms. The third-order valence-corrected chi connectivity index (χ3v) is 5.71. The summed E-state index contributed by atoms with van der Waals surface area (Å²) in [5, 5.41) is 21.6. The second-order valence-corrected chi connectivity index (χ2v) is 8.02. The Balaban J connectivity index is 0.00000300. The van der Waals surface area contributed by atoms with Crippen LogP contribution in [0.15, 0.2) is 47.7 Å². The molecule has 0 radical (unpaired) electrons. The molecule has 0 bridgehead atoms. The fourth-order valence-electron chi connectivity index (χ4n) is 3.79. The van der Waals surface area contributed by atoms with E-state index in [0.717, 1.165) is 37.5 Å². The molecule has 1 aliphatic carbocycles. The number of aliphatic hydroxyl groups excluding tert-OH is 1. The van der Waals surface area contributed by atoms with Gasteiger partial charge in [-0.1, -0.05) is 31.9 Å². The first-order chi connectivity index (χ1) is 13.5. The minimum Gasteiger partial charge on any atom is -0.392 e. The van der Waals surface area contributed by atoms with Gasteiger partial charge in [-0.3, -0.25) is 4.99 Å². The number of halogens is 1. The maximum atomic E-state index is 10.4. The number of aliphatic hydroxyl groups is 1. The molecule has 1 aromatic carbocycles. The summed E-state index contributed by atoms with van der Waals surface area (Å²) >= 11 is 0. The van der Waals surface area contributed by atoms with Gasteiger partial charge in [-0.2, -0.15) is 5.10 Å². The van der Waals surface area contributed by atoms with Crippen LogP contribution in [0.25, 0.3) is 5.69 Å². The summed E-state index contributed by atoms with van der Waals surface area (Å²) in [5.74, 6) is 0.790. The molecule has 0 amide bonds. The first-order valence-electron chi connectivity index (χ1n) is 10.3. The lowest BCUT2D eigenvalue weighted by molar-refractivity contribution is 0.00716. The molecule has 0 saturated heterocycles. The first-order valence-corrected chi connectivity index (χ1v) is 10.3. The van der Waals surface area contributed by atoms with Gasteiger partial charge in [0.25, 0.3) is 0 Å². The Morgan fingerprint density at radius 3 is 2.90 bits per heavy atom. The summed E-state index contributed by atoms with van der Waals surface area (Å²) in [7, 11) is 0. The predicted octanol–water partition coefficient (Wildman–Crippen LogP) is 4.05. The lowest BCUT2D eigenvalue weighted by Gasteiger charge is -2.37. The van der Waals surface area contributed by atoms with Gasteiger partial charge in [0.2, 0.25) is 0 Å². The van der Waals surface area contributed by atoms with Crippen molar-refractivity contribution >= 4 is 29.9 Å². The molecule has 3 unspecified atom stereocenters. The zero-order valence-electron chi connectivity index (χ0n) is 17.6. The monoisotopic (exact) mass is 511 g/mol. The summed E-state index contributed by atoms with van der Waals surface area (Å²) in [6.07, 6.45) is 7.65. The zero-order chi connectivity index (χ0) is 20.0. The van der Waals surface area contributed by atoms with Crippen molar-refractivity contribution in [3.63, 3.8) is 0 Å². The van der Waals surface area contributed by atoms with Crippen molar-refractivity contribution in [1.82, 2.24) is 20.4 Å². The molecule has 6 nitrogen and oxygen atoms in total. The van der Waals surface area contributed by atoms with Crippen molar-refractivity contribution in [2.75, 3.05) is 13.1 Å². The van der Waals surface area contributed by atoms with E-state index in [1.807, 2.05) is 29.1 Å². The molecule has 1 fully saturated rings. The van der Waals surface area contributed by atoms with Gasteiger partial charge in [-0.15, -0.1) is 24.0 Å². The first kappa shape index (κ1) is 23.7. The Hall–Kier alpha value is -1.61. The van der Waals surface area contributed by atoms with E-state index in [9.17, 15) is 5.11 Å². The zero-order valence-corrected chi connectivity index (χ0v) is 20.0. The summed E-state index contributed by atoms with van der Waals surface area (Å²) < 4.78 is 1.86. The molecular formula is C22H34IN5O. The number of hydrogen-bond acceptors (Lipinski definition) is 3. The van der Waals surface area contributed by atoms with Gasteiger partial charge in [0.1, 0.15) is 0 Å². The molecule has 1 saturated carbocycles. The van der Waals surface area contributed by atoms with Crippen LogP contribution in [-0.2, 0) is 0 Å². The van der Waals surface area contributed by atoms with Crippen LogP contribution < -0.4 is 10.6 Å². The number of hydrogen-bond donors (Lipinski definition) is 3. The van der Waals surface area contributed by atoms with Crippen molar-refractivity contribution in [2.45, 2.75) is 58.6 Å². The smallest absolute Gasteiger partial charge is 0.191 e. The van der Waals surface area contributed by atoms with Crippen molar-refractivity contribution in [1.29, 1.82) is 0 Å². The molecule has 1 aromatic heterocycles. The molecule has 3 N–H and O–H groups in total. The number of guanidine groups is 1. The fourth-order valence-corrected chi connectivity index (χ4v) is 3.79. The topological polar surface area (TPSA) is 74.5 Å². The summed E-state index contributed by atoms with van der Waals surface area (Å²) in [4.78, 5) is 4.81. The van der Waals surface area contributed by atoms with Crippen molar-refractivity contribution in [3.05, 3.63) is 48.3 Å². The molecule has 3 atom stereocenters.